The summed E-state index contributed by atoms with van der Waals surface area (Å²) < 4.78 is 10.8. The number of anilines is 1. The van der Waals surface area contributed by atoms with Gasteiger partial charge in [0.05, 0.1) is 0 Å². The molecular weight excluding hydrogens is 196 g/mol. The lowest BCUT2D eigenvalue weighted by molar-refractivity contribution is 0.685. The van der Waals surface area contributed by atoms with Crippen molar-refractivity contribution in [3.8, 4) is 0 Å². The molecule has 0 saturated heterocycles. The summed E-state index contributed by atoms with van der Waals surface area (Å²) in [7, 11) is -0.689. The average Bonchev–Trinajstić information content (AvgIpc) is 2.15. The monoisotopic (exact) mass is 212 g/mol. The van der Waals surface area contributed by atoms with Crippen molar-refractivity contribution in [2.24, 2.45) is 0 Å². The van der Waals surface area contributed by atoms with Crippen LogP contribution >= 0.6 is 0 Å². The van der Waals surface area contributed by atoms with Gasteiger partial charge in [0.2, 0.25) is 0 Å². The van der Waals surface area contributed by atoms with E-state index in [1.807, 2.05) is 19.1 Å². The minimum atomic E-state index is -0.689. The fourth-order valence-corrected chi connectivity index (χ4v) is 1.70. The molecule has 1 unspecified atom stereocenters. The minimum Gasteiger partial charge on any atom is -0.370 e. The summed E-state index contributed by atoms with van der Waals surface area (Å²) in [4.78, 5) is 4.21. The molecule has 0 bridgehead atoms. The topological polar surface area (TPSA) is 42.0 Å². The molecule has 14 heavy (non-hydrogen) atoms. The summed E-state index contributed by atoms with van der Waals surface area (Å²) in [6, 6.07) is 3.94. The van der Waals surface area contributed by atoms with E-state index in [9.17, 15) is 4.21 Å². The maximum atomic E-state index is 10.8. The summed E-state index contributed by atoms with van der Waals surface area (Å²) in [6.45, 7) is 2.85. The zero-order valence-corrected chi connectivity index (χ0v) is 9.43. The van der Waals surface area contributed by atoms with E-state index in [0.29, 0.717) is 0 Å². The van der Waals surface area contributed by atoms with Crippen LogP contribution in [-0.2, 0) is 10.8 Å². The molecule has 4 heteroatoms. The second kappa shape index (κ2) is 5.75. The highest BCUT2D eigenvalue weighted by atomic mass is 32.2. The smallest absolute Gasteiger partial charge is 0.128 e. The quantitative estimate of drug-likeness (QED) is 0.753. The Morgan fingerprint density at radius 2 is 2.36 bits per heavy atom. The van der Waals surface area contributed by atoms with Crippen LogP contribution in [0.3, 0.4) is 0 Å². The highest BCUT2D eigenvalue weighted by Crippen LogP contribution is 2.08. The predicted molar refractivity (Wildman–Crippen MR) is 61.0 cm³/mol. The maximum Gasteiger partial charge on any atom is 0.128 e. The molecule has 1 N–H and O–H groups in total. The van der Waals surface area contributed by atoms with Gasteiger partial charge in [0, 0.05) is 35.5 Å². The van der Waals surface area contributed by atoms with E-state index >= 15 is 0 Å². The fourth-order valence-electron chi connectivity index (χ4n) is 1.15. The van der Waals surface area contributed by atoms with Gasteiger partial charge in [-0.05, 0) is 25.0 Å². The second-order valence-corrected chi connectivity index (χ2v) is 4.78. The molecule has 1 heterocycles. The standard InChI is InChI=1S/C10H16N2OS/c1-9-5-3-6-11-10(9)12-7-4-8-14(2)13/h3,5-6H,4,7-8H2,1-2H3,(H,11,12). The zero-order valence-electron chi connectivity index (χ0n) is 8.62. The van der Waals surface area contributed by atoms with E-state index in [2.05, 4.69) is 10.3 Å². The lowest BCUT2D eigenvalue weighted by atomic mass is 10.3. The van der Waals surface area contributed by atoms with Crippen molar-refractivity contribution in [1.29, 1.82) is 0 Å². The third-order valence-electron chi connectivity index (χ3n) is 1.91. The highest BCUT2D eigenvalue weighted by molar-refractivity contribution is 7.84. The summed E-state index contributed by atoms with van der Waals surface area (Å²) in [5, 5.41) is 3.22. The first-order valence-corrected chi connectivity index (χ1v) is 6.38. The summed E-state index contributed by atoms with van der Waals surface area (Å²) in [6.07, 6.45) is 4.42. The van der Waals surface area contributed by atoms with Crippen LogP contribution < -0.4 is 5.32 Å². The van der Waals surface area contributed by atoms with Gasteiger partial charge < -0.3 is 5.32 Å². The Morgan fingerprint density at radius 3 is 3.00 bits per heavy atom. The van der Waals surface area contributed by atoms with Crippen LogP contribution in [0.15, 0.2) is 18.3 Å². The summed E-state index contributed by atoms with van der Waals surface area (Å²) >= 11 is 0. The molecule has 78 valence electrons. The van der Waals surface area contributed by atoms with Crippen molar-refractivity contribution in [2.45, 2.75) is 13.3 Å². The number of nitrogens with zero attached hydrogens (tertiary/aromatic N) is 1. The highest BCUT2D eigenvalue weighted by Gasteiger charge is 1.97. The lowest BCUT2D eigenvalue weighted by Crippen LogP contribution is -2.08. The largest absolute Gasteiger partial charge is 0.370 e. The van der Waals surface area contributed by atoms with Crippen LogP contribution in [0.4, 0.5) is 5.82 Å². The normalized spacial score (nSPS) is 12.4. The van der Waals surface area contributed by atoms with Gasteiger partial charge in [-0.15, -0.1) is 0 Å². The van der Waals surface area contributed by atoms with E-state index in [1.165, 1.54) is 0 Å². The molecule has 0 aliphatic heterocycles. The Hall–Kier alpha value is -0.900. The van der Waals surface area contributed by atoms with E-state index in [-0.39, 0.29) is 0 Å². The van der Waals surface area contributed by atoms with Crippen LogP contribution in [0.25, 0.3) is 0 Å². The Labute approximate surface area is 87.4 Å². The predicted octanol–water partition coefficient (Wildman–Crippen LogP) is 1.57. The van der Waals surface area contributed by atoms with E-state index in [1.54, 1.807) is 12.5 Å². The van der Waals surface area contributed by atoms with Crippen LogP contribution in [0.5, 0.6) is 0 Å². The molecule has 1 aromatic rings. The molecule has 0 radical (unpaired) electrons. The van der Waals surface area contributed by atoms with Gasteiger partial charge in [-0.25, -0.2) is 4.98 Å². The number of nitrogens with one attached hydrogen (secondary N) is 1. The molecule has 0 aliphatic carbocycles. The van der Waals surface area contributed by atoms with Gasteiger partial charge >= 0.3 is 0 Å². The number of hydrogen-bond donors (Lipinski definition) is 1. The number of hydrogen-bond acceptors (Lipinski definition) is 3. The molecule has 1 aromatic heterocycles. The first-order valence-electron chi connectivity index (χ1n) is 4.65. The molecule has 1 rings (SSSR count). The SMILES string of the molecule is Cc1cccnc1NCCCS(C)=O. The van der Waals surface area contributed by atoms with Crippen LogP contribution in [0.1, 0.15) is 12.0 Å². The number of rotatable bonds is 5. The van der Waals surface area contributed by atoms with Crippen molar-refractivity contribution in [3.63, 3.8) is 0 Å². The van der Waals surface area contributed by atoms with Crippen molar-refractivity contribution >= 4 is 16.6 Å². The lowest BCUT2D eigenvalue weighted by Gasteiger charge is -2.06. The van der Waals surface area contributed by atoms with Crippen LogP contribution in [0.2, 0.25) is 0 Å². The van der Waals surface area contributed by atoms with Gasteiger partial charge in [0.1, 0.15) is 5.82 Å². The van der Waals surface area contributed by atoms with Gasteiger partial charge in [0.15, 0.2) is 0 Å². The first kappa shape index (κ1) is 11.2. The average molecular weight is 212 g/mol. The number of aromatic nitrogens is 1. The van der Waals surface area contributed by atoms with Gasteiger partial charge in [-0.2, -0.15) is 0 Å². The molecule has 1 atom stereocenters. The Bertz CT molecular complexity index is 315. The number of aryl methyl sites for hydroxylation is 1. The van der Waals surface area contributed by atoms with Crippen molar-refractivity contribution < 1.29 is 4.21 Å². The molecular formula is C10H16N2OS. The van der Waals surface area contributed by atoms with E-state index in [0.717, 1.165) is 30.1 Å². The van der Waals surface area contributed by atoms with Gasteiger partial charge in [0.25, 0.3) is 0 Å². The fraction of sp³-hybridized carbons (Fsp3) is 0.500. The van der Waals surface area contributed by atoms with Crippen molar-refractivity contribution in [2.75, 3.05) is 23.9 Å². The molecule has 0 saturated carbocycles. The third-order valence-corrected chi connectivity index (χ3v) is 2.77. The van der Waals surface area contributed by atoms with E-state index in [4.69, 9.17) is 0 Å². The Balaban J connectivity index is 2.31. The van der Waals surface area contributed by atoms with Crippen LogP contribution in [0, 0.1) is 6.92 Å². The molecule has 0 aliphatic rings. The van der Waals surface area contributed by atoms with Crippen LogP contribution in [-0.4, -0.2) is 27.7 Å². The Morgan fingerprint density at radius 1 is 1.57 bits per heavy atom. The Kier molecular flexibility index (Phi) is 4.59. The molecule has 3 nitrogen and oxygen atoms in total. The summed E-state index contributed by atoms with van der Waals surface area (Å²) in [5.41, 5.74) is 1.14. The minimum absolute atomic E-state index is 0.689. The third kappa shape index (κ3) is 3.87. The summed E-state index contributed by atoms with van der Waals surface area (Å²) in [5.74, 6) is 1.67. The molecule has 0 aromatic carbocycles. The maximum absolute atomic E-state index is 10.8. The zero-order chi connectivity index (χ0) is 10.4. The molecule has 0 spiro atoms. The van der Waals surface area contributed by atoms with Crippen molar-refractivity contribution in [1.82, 2.24) is 4.98 Å². The van der Waals surface area contributed by atoms with E-state index < -0.39 is 10.8 Å². The molecule has 0 fully saturated rings. The second-order valence-electron chi connectivity index (χ2n) is 3.23. The van der Waals surface area contributed by atoms with Gasteiger partial charge in [-0.3, -0.25) is 4.21 Å². The molecule has 0 amide bonds. The van der Waals surface area contributed by atoms with Gasteiger partial charge in [-0.1, -0.05) is 6.07 Å². The first-order chi connectivity index (χ1) is 6.70. The van der Waals surface area contributed by atoms with Crippen molar-refractivity contribution in [3.05, 3.63) is 23.9 Å². The number of pyridine rings is 1.